The molecule has 0 atom stereocenters. The molecule has 1 aromatic heterocycles. The Morgan fingerprint density at radius 3 is 2.47 bits per heavy atom. The zero-order valence-corrected chi connectivity index (χ0v) is 17.7. The van der Waals surface area contributed by atoms with Crippen molar-refractivity contribution in [2.45, 2.75) is 6.42 Å². The maximum atomic E-state index is 14.6. The number of halogens is 4. The van der Waals surface area contributed by atoms with E-state index in [1.807, 2.05) is 0 Å². The zero-order chi connectivity index (χ0) is 23.0. The predicted octanol–water partition coefficient (Wildman–Crippen LogP) is 4.50. The van der Waals surface area contributed by atoms with Crippen LogP contribution < -0.4 is 11.4 Å². The molecule has 1 heterocycles. The first-order chi connectivity index (χ1) is 15.2. The van der Waals surface area contributed by atoms with Gasteiger partial charge in [-0.1, -0.05) is 35.3 Å². The van der Waals surface area contributed by atoms with E-state index in [0.717, 1.165) is 10.7 Å². The smallest absolute Gasteiger partial charge is 0.348 e. The Labute approximate surface area is 190 Å². The number of H-pyrrole nitrogens is 1. The number of benzene rings is 3. The summed E-state index contributed by atoms with van der Waals surface area (Å²) in [4.78, 5) is 26.4. The first kappa shape index (κ1) is 21.7. The molecule has 0 radical (unpaired) electrons. The van der Waals surface area contributed by atoms with Gasteiger partial charge in [0.2, 0.25) is 0 Å². The molecular weight excluding hydrogens is 461 g/mol. The van der Waals surface area contributed by atoms with Gasteiger partial charge in [-0.3, -0.25) is 9.78 Å². The van der Waals surface area contributed by atoms with E-state index in [-0.39, 0.29) is 39.5 Å². The summed E-state index contributed by atoms with van der Waals surface area (Å²) >= 11 is 12.1. The molecule has 0 aliphatic carbocycles. The lowest BCUT2D eigenvalue weighted by Gasteiger charge is -2.10. The van der Waals surface area contributed by atoms with Crippen LogP contribution in [0.25, 0.3) is 17.1 Å². The topological polar surface area (TPSA) is 93.8 Å². The molecule has 32 heavy (non-hydrogen) atoms. The third kappa shape index (κ3) is 4.15. The molecule has 4 aromatic rings. The number of primary amides is 1. The SMILES string of the molecule is NC(=O)c1cccc(Cc2cc(-c3nn(-c4ccc(Cl)cc4)c(=O)[nH]3)c(Cl)cc2F)c1F. The Morgan fingerprint density at radius 2 is 1.78 bits per heavy atom. The lowest BCUT2D eigenvalue weighted by atomic mass is 9.99. The minimum atomic E-state index is -0.924. The van der Waals surface area contributed by atoms with E-state index in [0.29, 0.717) is 10.7 Å². The van der Waals surface area contributed by atoms with E-state index in [1.165, 1.54) is 24.3 Å². The Kier molecular flexibility index (Phi) is 5.82. The third-order valence-electron chi connectivity index (χ3n) is 4.81. The van der Waals surface area contributed by atoms with Gasteiger partial charge < -0.3 is 5.73 Å². The maximum Gasteiger partial charge on any atom is 0.348 e. The second-order valence-corrected chi connectivity index (χ2v) is 7.75. The number of carbonyl (C=O) groups is 1. The number of carbonyl (C=O) groups excluding carboxylic acids is 1. The average molecular weight is 475 g/mol. The number of nitrogens with one attached hydrogen (secondary N) is 1. The Morgan fingerprint density at radius 1 is 1.06 bits per heavy atom. The molecule has 10 heteroatoms. The summed E-state index contributed by atoms with van der Waals surface area (Å²) in [6, 6.07) is 13.0. The van der Waals surface area contributed by atoms with Crippen molar-refractivity contribution in [2.75, 3.05) is 0 Å². The number of aromatic amines is 1. The van der Waals surface area contributed by atoms with Crippen molar-refractivity contribution in [3.63, 3.8) is 0 Å². The summed E-state index contributed by atoms with van der Waals surface area (Å²) in [5.74, 6) is -2.33. The van der Waals surface area contributed by atoms with Crippen molar-refractivity contribution in [2.24, 2.45) is 5.73 Å². The van der Waals surface area contributed by atoms with Crippen LogP contribution in [0.1, 0.15) is 21.5 Å². The predicted molar refractivity (Wildman–Crippen MR) is 117 cm³/mol. The van der Waals surface area contributed by atoms with Crippen LogP contribution in [0.4, 0.5) is 8.78 Å². The van der Waals surface area contributed by atoms with Gasteiger partial charge in [0.25, 0.3) is 5.91 Å². The maximum absolute atomic E-state index is 14.6. The second-order valence-electron chi connectivity index (χ2n) is 6.91. The Balaban J connectivity index is 1.75. The van der Waals surface area contributed by atoms with Gasteiger partial charge in [0.15, 0.2) is 5.82 Å². The van der Waals surface area contributed by atoms with E-state index in [4.69, 9.17) is 28.9 Å². The van der Waals surface area contributed by atoms with Crippen LogP contribution in [0.3, 0.4) is 0 Å². The highest BCUT2D eigenvalue weighted by Gasteiger charge is 2.18. The number of aromatic nitrogens is 3. The van der Waals surface area contributed by atoms with E-state index in [2.05, 4.69) is 10.1 Å². The quantitative estimate of drug-likeness (QED) is 0.445. The average Bonchev–Trinajstić information content (AvgIpc) is 3.13. The summed E-state index contributed by atoms with van der Waals surface area (Å²) in [6.07, 6.45) is -0.176. The highest BCUT2D eigenvalue weighted by molar-refractivity contribution is 6.33. The molecule has 3 aromatic carbocycles. The van der Waals surface area contributed by atoms with Crippen LogP contribution in [0.2, 0.25) is 10.0 Å². The highest BCUT2D eigenvalue weighted by atomic mass is 35.5. The highest BCUT2D eigenvalue weighted by Crippen LogP contribution is 2.30. The zero-order valence-electron chi connectivity index (χ0n) is 16.2. The number of amides is 1. The summed E-state index contributed by atoms with van der Waals surface area (Å²) in [7, 11) is 0. The van der Waals surface area contributed by atoms with Crippen molar-refractivity contribution >= 4 is 29.1 Å². The molecule has 0 fully saturated rings. The monoisotopic (exact) mass is 474 g/mol. The summed E-state index contributed by atoms with van der Waals surface area (Å²) in [6.45, 7) is 0. The van der Waals surface area contributed by atoms with Gasteiger partial charge in [0.05, 0.1) is 16.3 Å². The minimum Gasteiger partial charge on any atom is -0.366 e. The molecule has 162 valence electrons. The van der Waals surface area contributed by atoms with Crippen LogP contribution >= 0.6 is 23.2 Å². The summed E-state index contributed by atoms with van der Waals surface area (Å²) in [5.41, 5.74) is 5.23. The van der Waals surface area contributed by atoms with E-state index >= 15 is 0 Å². The van der Waals surface area contributed by atoms with Crippen molar-refractivity contribution < 1.29 is 13.6 Å². The van der Waals surface area contributed by atoms with Gasteiger partial charge in [-0.2, -0.15) is 4.68 Å². The van der Waals surface area contributed by atoms with Gasteiger partial charge in [-0.05, 0) is 53.6 Å². The summed E-state index contributed by atoms with van der Waals surface area (Å²) in [5, 5.41) is 4.74. The summed E-state index contributed by atoms with van der Waals surface area (Å²) < 4.78 is 30.3. The van der Waals surface area contributed by atoms with Crippen molar-refractivity contribution in [1.29, 1.82) is 0 Å². The molecule has 0 bridgehead atoms. The van der Waals surface area contributed by atoms with Crippen LogP contribution in [-0.2, 0) is 6.42 Å². The molecule has 0 aliphatic rings. The molecule has 0 spiro atoms. The van der Waals surface area contributed by atoms with Gasteiger partial charge in [-0.25, -0.2) is 13.6 Å². The van der Waals surface area contributed by atoms with Crippen molar-refractivity contribution in [3.05, 3.63) is 103 Å². The van der Waals surface area contributed by atoms with E-state index in [1.54, 1.807) is 24.3 Å². The molecule has 1 amide bonds. The first-order valence-corrected chi connectivity index (χ1v) is 10.0. The van der Waals surface area contributed by atoms with Crippen molar-refractivity contribution in [3.8, 4) is 17.1 Å². The number of rotatable bonds is 5. The van der Waals surface area contributed by atoms with Gasteiger partial charge >= 0.3 is 5.69 Å². The molecule has 0 aliphatic heterocycles. The van der Waals surface area contributed by atoms with Crippen LogP contribution in [-0.4, -0.2) is 20.7 Å². The standard InChI is InChI=1S/C22H14Cl2F2N4O2/c23-13-4-6-14(7-5-13)30-22(32)28-21(29-30)16-9-12(18(25)10-17(16)24)8-11-2-1-3-15(19(11)26)20(27)31/h1-7,9-10H,8H2,(H2,27,31)(H,28,29,32). The van der Waals surface area contributed by atoms with Gasteiger partial charge in [0.1, 0.15) is 11.6 Å². The van der Waals surface area contributed by atoms with Crippen molar-refractivity contribution in [1.82, 2.24) is 14.8 Å². The van der Waals surface area contributed by atoms with Gasteiger partial charge in [0, 0.05) is 17.0 Å². The normalized spacial score (nSPS) is 11.0. The third-order valence-corrected chi connectivity index (χ3v) is 5.37. The second kappa shape index (κ2) is 8.57. The fraction of sp³-hybridized carbons (Fsp3) is 0.0455. The lowest BCUT2D eigenvalue weighted by molar-refractivity contribution is 0.0996. The molecule has 6 nitrogen and oxygen atoms in total. The first-order valence-electron chi connectivity index (χ1n) is 9.25. The fourth-order valence-electron chi connectivity index (χ4n) is 3.23. The molecule has 0 unspecified atom stereocenters. The number of nitrogens with zero attached hydrogens (tertiary/aromatic N) is 2. The molecule has 0 saturated heterocycles. The van der Waals surface area contributed by atoms with E-state index in [9.17, 15) is 18.4 Å². The Bertz CT molecular complexity index is 1400. The molecule has 4 rings (SSSR count). The largest absolute Gasteiger partial charge is 0.366 e. The number of hydrogen-bond donors (Lipinski definition) is 2. The van der Waals surface area contributed by atoms with Crippen LogP contribution in [0, 0.1) is 11.6 Å². The molecular formula is C22H14Cl2F2N4O2. The van der Waals surface area contributed by atoms with Crippen LogP contribution in [0.5, 0.6) is 0 Å². The number of nitrogens with two attached hydrogens (primary N) is 1. The minimum absolute atomic E-state index is 0.00890. The Hall–Kier alpha value is -3.49. The van der Waals surface area contributed by atoms with Crippen LogP contribution in [0.15, 0.2) is 59.4 Å². The van der Waals surface area contributed by atoms with E-state index < -0.39 is 23.2 Å². The van der Waals surface area contributed by atoms with Gasteiger partial charge in [-0.15, -0.1) is 5.10 Å². The lowest BCUT2D eigenvalue weighted by Crippen LogP contribution is -2.15. The molecule has 0 saturated carbocycles. The fourth-order valence-corrected chi connectivity index (χ4v) is 3.59. The molecule has 3 N–H and O–H groups in total. The number of hydrogen-bond acceptors (Lipinski definition) is 3.